The molecule has 1 heterocycles. The molecule has 1 aliphatic carbocycles. The van der Waals surface area contributed by atoms with Gasteiger partial charge in [0.15, 0.2) is 0 Å². The lowest BCUT2D eigenvalue weighted by molar-refractivity contribution is -0.143. The molecule has 74 valence electrons. The number of likely N-dealkylation sites (N-methyl/N-ethyl adjacent to an activating group) is 1. The van der Waals surface area contributed by atoms with Crippen LogP contribution in [0.1, 0.15) is 25.7 Å². The Morgan fingerprint density at radius 3 is 2.77 bits per heavy atom. The van der Waals surface area contributed by atoms with Crippen LogP contribution in [0.3, 0.4) is 0 Å². The Labute approximate surface area is 78.7 Å². The number of aliphatic carboxylic acids is 1. The molecule has 0 amide bonds. The summed E-state index contributed by atoms with van der Waals surface area (Å²) in [6, 6.07) is -0.203. The van der Waals surface area contributed by atoms with Crippen molar-refractivity contribution in [3.63, 3.8) is 0 Å². The molecule has 3 atom stereocenters. The van der Waals surface area contributed by atoms with Gasteiger partial charge in [0.2, 0.25) is 0 Å². The quantitative estimate of drug-likeness (QED) is 0.664. The van der Waals surface area contributed by atoms with Crippen LogP contribution in [-0.4, -0.2) is 35.6 Å². The van der Waals surface area contributed by atoms with Crippen molar-refractivity contribution in [2.75, 3.05) is 13.6 Å². The first-order valence-corrected chi connectivity index (χ1v) is 5.13. The van der Waals surface area contributed by atoms with Crippen LogP contribution in [0.4, 0.5) is 0 Å². The number of carbonyl (C=O) groups is 1. The van der Waals surface area contributed by atoms with Crippen LogP contribution in [-0.2, 0) is 4.79 Å². The van der Waals surface area contributed by atoms with Crippen LogP contribution in [0.15, 0.2) is 0 Å². The summed E-state index contributed by atoms with van der Waals surface area (Å²) in [5.74, 6) is 0.452. The van der Waals surface area contributed by atoms with Gasteiger partial charge in [0.05, 0.1) is 0 Å². The van der Waals surface area contributed by atoms with E-state index in [9.17, 15) is 4.79 Å². The average molecular weight is 183 g/mol. The summed E-state index contributed by atoms with van der Waals surface area (Å²) in [4.78, 5) is 13.0. The molecule has 1 N–H and O–H groups in total. The molecular formula is C10H17NO2. The summed E-state index contributed by atoms with van der Waals surface area (Å²) >= 11 is 0. The molecule has 0 radical (unpaired) electrons. The number of nitrogens with zero attached hydrogens (tertiary/aromatic N) is 1. The largest absolute Gasteiger partial charge is 0.480 e. The normalized spacial score (nSPS) is 40.2. The van der Waals surface area contributed by atoms with Gasteiger partial charge in [-0.2, -0.15) is 0 Å². The van der Waals surface area contributed by atoms with Crippen molar-refractivity contribution in [1.29, 1.82) is 0 Å². The van der Waals surface area contributed by atoms with Gasteiger partial charge < -0.3 is 5.11 Å². The Kier molecular flexibility index (Phi) is 2.28. The molecule has 1 aliphatic heterocycles. The number of carboxylic acids is 1. The summed E-state index contributed by atoms with van der Waals surface area (Å²) in [7, 11) is 1.94. The number of fused-ring (bicyclic) bond motifs is 1. The van der Waals surface area contributed by atoms with E-state index in [4.69, 9.17) is 5.11 Å². The zero-order valence-electron chi connectivity index (χ0n) is 8.07. The van der Waals surface area contributed by atoms with Crippen molar-refractivity contribution in [3.8, 4) is 0 Å². The highest BCUT2D eigenvalue weighted by atomic mass is 16.4. The van der Waals surface area contributed by atoms with E-state index in [1.54, 1.807) is 0 Å². The fraction of sp³-hybridized carbons (Fsp3) is 0.900. The minimum atomic E-state index is -0.628. The standard InChI is InChI=1S/C10H17NO2/c1-11-6-7-4-2-3-5-8(7)9(11)10(12)13/h7-9H,2-6H2,1H3,(H,12,13). The highest BCUT2D eigenvalue weighted by Gasteiger charge is 2.44. The van der Waals surface area contributed by atoms with E-state index >= 15 is 0 Å². The molecule has 1 saturated carbocycles. The molecule has 0 aromatic rings. The lowest BCUT2D eigenvalue weighted by Crippen LogP contribution is -2.37. The van der Waals surface area contributed by atoms with Crippen molar-refractivity contribution in [2.24, 2.45) is 11.8 Å². The first-order valence-electron chi connectivity index (χ1n) is 5.13. The molecule has 2 rings (SSSR count). The smallest absolute Gasteiger partial charge is 0.321 e. The Morgan fingerprint density at radius 2 is 2.08 bits per heavy atom. The molecule has 0 spiro atoms. The van der Waals surface area contributed by atoms with Gasteiger partial charge in [-0.25, -0.2) is 0 Å². The molecule has 2 aliphatic rings. The van der Waals surface area contributed by atoms with E-state index in [2.05, 4.69) is 0 Å². The predicted octanol–water partition coefficient (Wildman–Crippen LogP) is 1.19. The molecular weight excluding hydrogens is 166 g/mol. The van der Waals surface area contributed by atoms with Crippen LogP contribution in [0.5, 0.6) is 0 Å². The van der Waals surface area contributed by atoms with Crippen LogP contribution >= 0.6 is 0 Å². The number of hydrogen-bond acceptors (Lipinski definition) is 2. The monoisotopic (exact) mass is 183 g/mol. The van der Waals surface area contributed by atoms with Crippen LogP contribution in [0, 0.1) is 11.8 Å². The van der Waals surface area contributed by atoms with E-state index in [1.807, 2.05) is 11.9 Å². The summed E-state index contributed by atoms with van der Waals surface area (Å²) in [6.45, 7) is 0.988. The van der Waals surface area contributed by atoms with Crippen LogP contribution in [0.25, 0.3) is 0 Å². The minimum absolute atomic E-state index is 0.203. The Morgan fingerprint density at radius 1 is 1.38 bits per heavy atom. The predicted molar refractivity (Wildman–Crippen MR) is 49.5 cm³/mol. The lowest BCUT2D eigenvalue weighted by Gasteiger charge is -2.26. The van der Waals surface area contributed by atoms with E-state index in [-0.39, 0.29) is 6.04 Å². The van der Waals surface area contributed by atoms with Gasteiger partial charge in [-0.3, -0.25) is 9.69 Å². The molecule has 3 heteroatoms. The fourth-order valence-corrected chi connectivity index (χ4v) is 3.06. The minimum Gasteiger partial charge on any atom is -0.480 e. The van der Waals surface area contributed by atoms with Gasteiger partial charge in [-0.15, -0.1) is 0 Å². The maximum Gasteiger partial charge on any atom is 0.321 e. The molecule has 0 aromatic heterocycles. The van der Waals surface area contributed by atoms with Crippen molar-refractivity contribution in [2.45, 2.75) is 31.7 Å². The first kappa shape index (κ1) is 9.00. The fourth-order valence-electron chi connectivity index (χ4n) is 3.06. The molecule has 3 nitrogen and oxygen atoms in total. The zero-order chi connectivity index (χ0) is 9.42. The van der Waals surface area contributed by atoms with E-state index in [0.29, 0.717) is 11.8 Å². The maximum atomic E-state index is 11.0. The Bertz CT molecular complexity index is 217. The lowest BCUT2D eigenvalue weighted by atomic mass is 9.78. The molecule has 13 heavy (non-hydrogen) atoms. The SMILES string of the molecule is CN1CC2CCCCC2C1C(=O)O. The Balaban J connectivity index is 2.13. The molecule has 0 aromatic carbocycles. The van der Waals surface area contributed by atoms with Crippen molar-refractivity contribution in [1.82, 2.24) is 4.90 Å². The van der Waals surface area contributed by atoms with Gasteiger partial charge in [-0.1, -0.05) is 12.8 Å². The van der Waals surface area contributed by atoms with Gasteiger partial charge >= 0.3 is 5.97 Å². The maximum absolute atomic E-state index is 11.0. The number of carboxylic acid groups (broad SMARTS) is 1. The van der Waals surface area contributed by atoms with Crippen molar-refractivity contribution in [3.05, 3.63) is 0 Å². The average Bonchev–Trinajstić information content (AvgIpc) is 2.39. The second kappa shape index (κ2) is 3.29. The van der Waals surface area contributed by atoms with Gasteiger partial charge in [-0.05, 0) is 31.7 Å². The summed E-state index contributed by atoms with van der Waals surface area (Å²) in [5, 5.41) is 9.08. The first-order chi connectivity index (χ1) is 6.20. The third-order valence-corrected chi connectivity index (χ3v) is 3.62. The second-order valence-corrected chi connectivity index (χ2v) is 4.43. The summed E-state index contributed by atoms with van der Waals surface area (Å²) in [6.07, 6.45) is 4.87. The third-order valence-electron chi connectivity index (χ3n) is 3.62. The second-order valence-electron chi connectivity index (χ2n) is 4.43. The van der Waals surface area contributed by atoms with E-state index < -0.39 is 5.97 Å². The molecule has 3 unspecified atom stereocenters. The topological polar surface area (TPSA) is 40.5 Å². The molecule has 0 bridgehead atoms. The van der Waals surface area contributed by atoms with E-state index in [0.717, 1.165) is 13.0 Å². The van der Waals surface area contributed by atoms with Crippen molar-refractivity contribution < 1.29 is 9.90 Å². The van der Waals surface area contributed by atoms with Gasteiger partial charge in [0, 0.05) is 6.54 Å². The highest BCUT2D eigenvalue weighted by molar-refractivity contribution is 5.74. The molecule has 2 fully saturated rings. The number of hydrogen-bond donors (Lipinski definition) is 1. The number of rotatable bonds is 1. The van der Waals surface area contributed by atoms with E-state index in [1.165, 1.54) is 19.3 Å². The summed E-state index contributed by atoms with van der Waals surface area (Å²) in [5.41, 5.74) is 0. The zero-order valence-corrected chi connectivity index (χ0v) is 8.07. The van der Waals surface area contributed by atoms with Gasteiger partial charge in [0.25, 0.3) is 0 Å². The third kappa shape index (κ3) is 1.46. The molecule has 1 saturated heterocycles. The van der Waals surface area contributed by atoms with Crippen LogP contribution in [0.2, 0.25) is 0 Å². The number of likely N-dealkylation sites (tertiary alicyclic amines) is 1. The van der Waals surface area contributed by atoms with Crippen LogP contribution < -0.4 is 0 Å². The summed E-state index contributed by atoms with van der Waals surface area (Å²) < 4.78 is 0. The van der Waals surface area contributed by atoms with Crippen molar-refractivity contribution >= 4 is 5.97 Å². The highest BCUT2D eigenvalue weighted by Crippen LogP contribution is 2.39. The Hall–Kier alpha value is -0.570. The van der Waals surface area contributed by atoms with Gasteiger partial charge in [0.1, 0.15) is 6.04 Å².